The van der Waals surface area contributed by atoms with Crippen LogP contribution in [0.3, 0.4) is 0 Å². The SMILES string of the molecule is CCC(CC)N=C(N)c1ccc(NCCNc2ccccc2)cc1.Cl. The number of aliphatic imine (C=N–C) groups is 1. The van der Waals surface area contributed by atoms with Crippen LogP contribution in [0, 0.1) is 0 Å². The number of para-hydroxylation sites is 1. The van der Waals surface area contributed by atoms with Crippen molar-refractivity contribution < 1.29 is 0 Å². The number of hydrogen-bond donors (Lipinski definition) is 3. The third-order valence-electron chi connectivity index (χ3n) is 4.00. The number of halogens is 1. The van der Waals surface area contributed by atoms with Gasteiger partial charge in [-0.05, 0) is 49.2 Å². The van der Waals surface area contributed by atoms with Crippen molar-refractivity contribution in [3.05, 3.63) is 60.2 Å². The van der Waals surface area contributed by atoms with E-state index in [1.807, 2.05) is 42.5 Å². The second-order valence-electron chi connectivity index (χ2n) is 5.78. The molecule has 0 unspecified atom stereocenters. The number of nitrogens with two attached hydrogens (primary N) is 1. The Kier molecular flexibility index (Phi) is 9.48. The van der Waals surface area contributed by atoms with E-state index in [-0.39, 0.29) is 12.4 Å². The molecule has 0 heterocycles. The van der Waals surface area contributed by atoms with E-state index in [9.17, 15) is 0 Å². The average molecular weight is 361 g/mol. The zero-order valence-corrected chi connectivity index (χ0v) is 15.9. The highest BCUT2D eigenvalue weighted by atomic mass is 35.5. The molecule has 0 saturated carbocycles. The van der Waals surface area contributed by atoms with Gasteiger partial charge in [0, 0.05) is 30.0 Å². The summed E-state index contributed by atoms with van der Waals surface area (Å²) in [7, 11) is 0. The first-order chi connectivity index (χ1) is 11.7. The van der Waals surface area contributed by atoms with Crippen molar-refractivity contribution in [3.63, 3.8) is 0 Å². The maximum absolute atomic E-state index is 6.10. The molecule has 2 rings (SSSR count). The van der Waals surface area contributed by atoms with E-state index in [1.165, 1.54) is 0 Å². The molecule has 0 aromatic heterocycles. The molecule has 0 amide bonds. The molecular formula is C20H29ClN4. The molecule has 4 N–H and O–H groups in total. The molecular weight excluding hydrogens is 332 g/mol. The van der Waals surface area contributed by atoms with E-state index in [4.69, 9.17) is 5.73 Å². The summed E-state index contributed by atoms with van der Waals surface area (Å²) in [6, 6.07) is 18.7. The van der Waals surface area contributed by atoms with Crippen molar-refractivity contribution in [2.75, 3.05) is 23.7 Å². The summed E-state index contributed by atoms with van der Waals surface area (Å²) in [6.07, 6.45) is 2.04. The molecule has 0 aliphatic carbocycles. The van der Waals surface area contributed by atoms with E-state index < -0.39 is 0 Å². The number of nitrogens with zero attached hydrogens (tertiary/aromatic N) is 1. The third kappa shape index (κ3) is 7.06. The highest BCUT2D eigenvalue weighted by Crippen LogP contribution is 2.11. The maximum atomic E-state index is 6.10. The Morgan fingerprint density at radius 2 is 1.40 bits per heavy atom. The summed E-state index contributed by atoms with van der Waals surface area (Å²) < 4.78 is 0. The Labute approximate surface area is 157 Å². The van der Waals surface area contributed by atoms with Crippen LogP contribution in [-0.2, 0) is 0 Å². The first-order valence-corrected chi connectivity index (χ1v) is 8.69. The predicted molar refractivity (Wildman–Crippen MR) is 112 cm³/mol. The lowest BCUT2D eigenvalue weighted by Crippen LogP contribution is -2.17. The van der Waals surface area contributed by atoms with Crippen LogP contribution in [0.1, 0.15) is 32.3 Å². The Morgan fingerprint density at radius 3 is 1.92 bits per heavy atom. The number of benzene rings is 2. The van der Waals surface area contributed by atoms with Gasteiger partial charge in [0.25, 0.3) is 0 Å². The molecule has 0 spiro atoms. The van der Waals surface area contributed by atoms with Gasteiger partial charge in [0.15, 0.2) is 0 Å². The number of rotatable bonds is 9. The normalized spacial score (nSPS) is 11.1. The van der Waals surface area contributed by atoms with Crippen molar-refractivity contribution in [1.82, 2.24) is 0 Å². The molecule has 0 atom stereocenters. The lowest BCUT2D eigenvalue weighted by Gasteiger charge is -2.11. The minimum atomic E-state index is 0. The second-order valence-corrected chi connectivity index (χ2v) is 5.78. The molecule has 0 bridgehead atoms. The molecule has 2 aromatic carbocycles. The van der Waals surface area contributed by atoms with Crippen LogP contribution in [0.15, 0.2) is 59.6 Å². The van der Waals surface area contributed by atoms with Gasteiger partial charge < -0.3 is 16.4 Å². The fourth-order valence-electron chi connectivity index (χ4n) is 2.47. The fourth-order valence-corrected chi connectivity index (χ4v) is 2.47. The molecule has 5 heteroatoms. The Morgan fingerprint density at radius 1 is 0.880 bits per heavy atom. The van der Waals surface area contributed by atoms with E-state index in [0.717, 1.165) is 42.9 Å². The smallest absolute Gasteiger partial charge is 0.125 e. The standard InChI is InChI=1S/C20H28N4.ClH/c1-3-17(4-2)24-20(21)16-10-12-19(13-11-16)23-15-14-22-18-8-6-5-7-9-18;/h5-13,17,22-23H,3-4,14-15H2,1-2H3,(H2,21,24);1H. The van der Waals surface area contributed by atoms with Gasteiger partial charge in [0.1, 0.15) is 5.84 Å². The number of nitrogens with one attached hydrogen (secondary N) is 2. The summed E-state index contributed by atoms with van der Waals surface area (Å²) in [4.78, 5) is 4.59. The molecule has 2 aromatic rings. The third-order valence-corrected chi connectivity index (χ3v) is 4.00. The van der Waals surface area contributed by atoms with E-state index in [1.54, 1.807) is 0 Å². The molecule has 0 radical (unpaired) electrons. The van der Waals surface area contributed by atoms with Crippen LogP contribution in [0.4, 0.5) is 11.4 Å². The quantitative estimate of drug-likeness (QED) is 0.350. The number of hydrogen-bond acceptors (Lipinski definition) is 3. The summed E-state index contributed by atoms with van der Waals surface area (Å²) in [5.74, 6) is 0.626. The van der Waals surface area contributed by atoms with Crippen molar-refractivity contribution >= 4 is 29.6 Å². The largest absolute Gasteiger partial charge is 0.383 e. The van der Waals surface area contributed by atoms with E-state index in [2.05, 4.69) is 41.6 Å². The van der Waals surface area contributed by atoms with Gasteiger partial charge in [-0.1, -0.05) is 32.0 Å². The zero-order chi connectivity index (χ0) is 17.2. The molecule has 0 saturated heterocycles. The van der Waals surface area contributed by atoms with Crippen LogP contribution in [0.5, 0.6) is 0 Å². The summed E-state index contributed by atoms with van der Waals surface area (Å²) in [5.41, 5.74) is 9.31. The maximum Gasteiger partial charge on any atom is 0.125 e. The average Bonchev–Trinajstić information content (AvgIpc) is 2.64. The number of anilines is 2. The molecule has 0 aliphatic heterocycles. The topological polar surface area (TPSA) is 62.4 Å². The van der Waals surface area contributed by atoms with Gasteiger partial charge in [-0.2, -0.15) is 0 Å². The molecule has 4 nitrogen and oxygen atoms in total. The predicted octanol–water partition coefficient (Wildman–Crippen LogP) is 4.53. The summed E-state index contributed by atoms with van der Waals surface area (Å²) in [6.45, 7) is 6.00. The molecule has 25 heavy (non-hydrogen) atoms. The molecule has 0 fully saturated rings. The summed E-state index contributed by atoms with van der Waals surface area (Å²) in [5, 5.41) is 6.78. The van der Waals surface area contributed by atoms with Crippen molar-refractivity contribution in [2.45, 2.75) is 32.7 Å². The van der Waals surface area contributed by atoms with Crippen LogP contribution in [0.25, 0.3) is 0 Å². The second kappa shape index (κ2) is 11.4. The van der Waals surface area contributed by atoms with Gasteiger partial charge in [-0.3, -0.25) is 4.99 Å². The van der Waals surface area contributed by atoms with Crippen LogP contribution in [-0.4, -0.2) is 25.0 Å². The Balaban J connectivity index is 0.00000312. The van der Waals surface area contributed by atoms with Gasteiger partial charge in [-0.25, -0.2) is 0 Å². The monoisotopic (exact) mass is 360 g/mol. The minimum Gasteiger partial charge on any atom is -0.383 e. The van der Waals surface area contributed by atoms with Crippen LogP contribution >= 0.6 is 12.4 Å². The highest BCUT2D eigenvalue weighted by molar-refractivity contribution is 5.97. The molecule has 136 valence electrons. The van der Waals surface area contributed by atoms with E-state index >= 15 is 0 Å². The minimum absolute atomic E-state index is 0. The highest BCUT2D eigenvalue weighted by Gasteiger charge is 2.04. The zero-order valence-electron chi connectivity index (χ0n) is 15.0. The van der Waals surface area contributed by atoms with Crippen molar-refractivity contribution in [1.29, 1.82) is 0 Å². The van der Waals surface area contributed by atoms with Gasteiger partial charge >= 0.3 is 0 Å². The Bertz CT molecular complexity index is 622. The van der Waals surface area contributed by atoms with Crippen molar-refractivity contribution in [3.8, 4) is 0 Å². The molecule has 0 aliphatic rings. The van der Waals surface area contributed by atoms with Crippen LogP contribution < -0.4 is 16.4 Å². The Hall–Kier alpha value is -2.20. The first-order valence-electron chi connectivity index (χ1n) is 8.69. The first kappa shape index (κ1) is 20.8. The van der Waals surface area contributed by atoms with Crippen molar-refractivity contribution in [2.24, 2.45) is 10.7 Å². The lowest BCUT2D eigenvalue weighted by atomic mass is 10.1. The fraction of sp³-hybridized carbons (Fsp3) is 0.350. The summed E-state index contributed by atoms with van der Waals surface area (Å²) >= 11 is 0. The van der Waals surface area contributed by atoms with Gasteiger partial charge in [0.2, 0.25) is 0 Å². The van der Waals surface area contributed by atoms with Gasteiger partial charge in [0.05, 0.1) is 6.04 Å². The lowest BCUT2D eigenvalue weighted by molar-refractivity contribution is 0.631. The number of amidine groups is 1. The van der Waals surface area contributed by atoms with Gasteiger partial charge in [-0.15, -0.1) is 12.4 Å². The van der Waals surface area contributed by atoms with E-state index in [0.29, 0.717) is 11.9 Å². The van der Waals surface area contributed by atoms with Crippen LogP contribution in [0.2, 0.25) is 0 Å².